The number of imidazole rings is 1. The Hall–Kier alpha value is -3.72. The Bertz CT molecular complexity index is 1300. The van der Waals surface area contributed by atoms with E-state index in [-0.39, 0.29) is 12.2 Å². The summed E-state index contributed by atoms with van der Waals surface area (Å²) in [6, 6.07) is 7.90. The molecule has 0 aliphatic carbocycles. The molecule has 2 aromatic carbocycles. The van der Waals surface area contributed by atoms with E-state index in [1.165, 1.54) is 0 Å². The van der Waals surface area contributed by atoms with Gasteiger partial charge >= 0.3 is 0 Å². The van der Waals surface area contributed by atoms with Crippen molar-refractivity contribution in [2.45, 2.75) is 32.6 Å². The number of aryl methyl sites for hydroxylation is 2. The van der Waals surface area contributed by atoms with E-state index in [1.807, 2.05) is 48.9 Å². The minimum atomic E-state index is -1.52. The van der Waals surface area contributed by atoms with E-state index >= 15 is 0 Å². The van der Waals surface area contributed by atoms with E-state index in [9.17, 15) is 18.3 Å². The molecule has 34 heavy (non-hydrogen) atoms. The molecule has 0 aliphatic heterocycles. The zero-order chi connectivity index (χ0) is 24.2. The molecular weight excluding hydrogens is 443 g/mol. The van der Waals surface area contributed by atoms with Gasteiger partial charge in [-0.2, -0.15) is 5.10 Å². The molecule has 1 atom stereocenters. The van der Waals surface area contributed by atoms with Crippen LogP contribution >= 0.6 is 0 Å². The molecule has 4 rings (SSSR count). The topological polar surface area (TPSA) is 79.6 Å². The van der Waals surface area contributed by atoms with Crippen molar-refractivity contribution in [3.05, 3.63) is 94.3 Å². The summed E-state index contributed by atoms with van der Waals surface area (Å²) in [5.41, 5.74) is 4.21. The number of benzene rings is 2. The lowest BCUT2D eigenvalue weighted by atomic mass is 9.93. The Labute approximate surface area is 194 Å². The van der Waals surface area contributed by atoms with Gasteiger partial charge in [0.2, 0.25) is 0 Å². The highest BCUT2D eigenvalue weighted by Crippen LogP contribution is 2.29. The quantitative estimate of drug-likeness (QED) is 0.354. The molecule has 4 aromatic rings. The third kappa shape index (κ3) is 5.09. The van der Waals surface area contributed by atoms with Crippen molar-refractivity contribution in [1.82, 2.24) is 24.7 Å². The van der Waals surface area contributed by atoms with Gasteiger partial charge in [0, 0.05) is 24.4 Å². The van der Waals surface area contributed by atoms with Crippen LogP contribution in [-0.2, 0) is 0 Å². The number of halogens is 3. The van der Waals surface area contributed by atoms with E-state index in [4.69, 9.17) is 0 Å². The summed E-state index contributed by atoms with van der Waals surface area (Å²) < 4.78 is 43.0. The molecule has 2 N–H and O–H groups in total. The number of hydrogen-bond acceptors (Lipinski definition) is 4. The molecule has 0 saturated heterocycles. The summed E-state index contributed by atoms with van der Waals surface area (Å²) in [7, 11) is 0. The number of hydrogen-bond donors (Lipinski definition) is 2. The Morgan fingerprint density at radius 2 is 1.85 bits per heavy atom. The van der Waals surface area contributed by atoms with Crippen LogP contribution in [0.2, 0.25) is 0 Å². The van der Waals surface area contributed by atoms with Crippen LogP contribution < -0.4 is 0 Å². The van der Waals surface area contributed by atoms with Crippen LogP contribution in [0.15, 0.2) is 42.9 Å². The van der Waals surface area contributed by atoms with Crippen molar-refractivity contribution >= 4 is 12.2 Å². The second kappa shape index (κ2) is 10.0. The summed E-state index contributed by atoms with van der Waals surface area (Å²) in [6.45, 7) is 3.85. The van der Waals surface area contributed by atoms with Gasteiger partial charge in [-0.3, -0.25) is 5.10 Å². The van der Waals surface area contributed by atoms with Crippen LogP contribution in [0.1, 0.15) is 52.8 Å². The molecule has 0 aliphatic rings. The van der Waals surface area contributed by atoms with Gasteiger partial charge in [0.05, 0.1) is 12.0 Å². The van der Waals surface area contributed by atoms with Crippen molar-refractivity contribution in [2.24, 2.45) is 0 Å². The van der Waals surface area contributed by atoms with Gasteiger partial charge < -0.3 is 9.67 Å². The average Bonchev–Trinajstić information content (AvgIpc) is 3.45. The smallest absolute Gasteiger partial charge is 0.194 e. The largest absolute Gasteiger partial charge is 0.396 e. The molecular formula is C25H24F3N5O. The van der Waals surface area contributed by atoms with E-state index in [1.54, 1.807) is 12.4 Å². The van der Waals surface area contributed by atoms with Crippen molar-refractivity contribution in [2.75, 3.05) is 6.61 Å². The zero-order valence-corrected chi connectivity index (χ0v) is 18.8. The van der Waals surface area contributed by atoms with Gasteiger partial charge in [-0.25, -0.2) is 23.1 Å². The standard InChI is InChI=1S/C25H24F3N5O/c1-15-10-17(5-7-22(15)33-13-16(2)29-14-33)6-8-23-30-25(32-31-23)19(4-3-9-34)18-11-20(26)24(28)21(27)12-18/h5-8,10-14,19,34H,3-4,9H2,1-2H3,(H,30,31,32)/b8-6+. The Morgan fingerprint density at radius 3 is 2.50 bits per heavy atom. The number of aromatic amines is 1. The van der Waals surface area contributed by atoms with Crippen LogP contribution in [0, 0.1) is 31.3 Å². The predicted molar refractivity (Wildman–Crippen MR) is 123 cm³/mol. The lowest BCUT2D eigenvalue weighted by Gasteiger charge is -2.14. The number of aromatic nitrogens is 5. The molecule has 6 nitrogen and oxygen atoms in total. The van der Waals surface area contributed by atoms with Crippen LogP contribution in [0.25, 0.3) is 17.8 Å². The molecule has 0 radical (unpaired) electrons. The van der Waals surface area contributed by atoms with Crippen LogP contribution in [0.3, 0.4) is 0 Å². The minimum Gasteiger partial charge on any atom is -0.396 e. The molecule has 0 fully saturated rings. The first-order valence-corrected chi connectivity index (χ1v) is 10.8. The monoisotopic (exact) mass is 467 g/mol. The van der Waals surface area contributed by atoms with E-state index in [0.717, 1.165) is 34.6 Å². The first kappa shape index (κ1) is 23.4. The molecule has 1 unspecified atom stereocenters. The maximum atomic E-state index is 13.8. The third-order valence-corrected chi connectivity index (χ3v) is 5.55. The molecule has 0 spiro atoms. The maximum absolute atomic E-state index is 13.8. The van der Waals surface area contributed by atoms with Crippen LogP contribution in [0.5, 0.6) is 0 Å². The lowest BCUT2D eigenvalue weighted by Crippen LogP contribution is -2.07. The number of rotatable bonds is 8. The van der Waals surface area contributed by atoms with Crippen LogP contribution in [0.4, 0.5) is 13.2 Å². The Balaban J connectivity index is 1.56. The summed E-state index contributed by atoms with van der Waals surface area (Å²) in [5, 5.41) is 16.2. The SMILES string of the molecule is Cc1cn(-c2ccc(/C=C/c3n[nH]c(C(CCCO)c4cc(F)c(F)c(F)c4)n3)cc2C)cn1. The van der Waals surface area contributed by atoms with Gasteiger partial charge in [0.25, 0.3) is 0 Å². The predicted octanol–water partition coefficient (Wildman–Crippen LogP) is 5.10. The van der Waals surface area contributed by atoms with Crippen molar-refractivity contribution in [1.29, 1.82) is 0 Å². The highest BCUT2D eigenvalue weighted by atomic mass is 19.2. The fourth-order valence-electron chi connectivity index (χ4n) is 3.85. The second-order valence-electron chi connectivity index (χ2n) is 8.10. The van der Waals surface area contributed by atoms with Gasteiger partial charge in [0.1, 0.15) is 5.82 Å². The maximum Gasteiger partial charge on any atom is 0.194 e. The van der Waals surface area contributed by atoms with E-state index < -0.39 is 23.4 Å². The molecule has 9 heteroatoms. The van der Waals surface area contributed by atoms with Crippen molar-refractivity contribution in [3.8, 4) is 5.69 Å². The first-order chi connectivity index (χ1) is 16.4. The molecule has 0 bridgehead atoms. The van der Waals surface area contributed by atoms with Gasteiger partial charge in [-0.15, -0.1) is 0 Å². The second-order valence-corrected chi connectivity index (χ2v) is 8.10. The summed E-state index contributed by atoms with van der Waals surface area (Å²) in [5.74, 6) is -3.87. The van der Waals surface area contributed by atoms with Crippen molar-refractivity contribution < 1.29 is 18.3 Å². The van der Waals surface area contributed by atoms with E-state index in [0.29, 0.717) is 24.5 Å². The van der Waals surface area contributed by atoms with Gasteiger partial charge in [-0.05, 0) is 73.7 Å². The molecule has 2 heterocycles. The molecule has 0 saturated carbocycles. The molecule has 2 aromatic heterocycles. The number of H-pyrrole nitrogens is 1. The Morgan fingerprint density at radius 1 is 1.09 bits per heavy atom. The first-order valence-electron chi connectivity index (χ1n) is 10.8. The number of aliphatic hydroxyl groups is 1. The normalized spacial score (nSPS) is 12.5. The summed E-state index contributed by atoms with van der Waals surface area (Å²) in [6.07, 6.45) is 8.05. The fourth-order valence-corrected chi connectivity index (χ4v) is 3.85. The van der Waals surface area contributed by atoms with E-state index in [2.05, 4.69) is 20.2 Å². The Kier molecular flexibility index (Phi) is 6.93. The highest BCUT2D eigenvalue weighted by Gasteiger charge is 2.22. The minimum absolute atomic E-state index is 0.0997. The number of nitrogens with zero attached hydrogens (tertiary/aromatic N) is 4. The molecule has 176 valence electrons. The molecule has 0 amide bonds. The zero-order valence-electron chi connectivity index (χ0n) is 18.8. The van der Waals surface area contributed by atoms with Crippen molar-refractivity contribution in [3.63, 3.8) is 0 Å². The van der Waals surface area contributed by atoms with Crippen LogP contribution in [-0.4, -0.2) is 36.4 Å². The number of aliphatic hydroxyl groups excluding tert-OH is 1. The lowest BCUT2D eigenvalue weighted by molar-refractivity contribution is 0.281. The fraction of sp³-hybridized carbons (Fsp3) is 0.240. The van der Waals surface area contributed by atoms with Gasteiger partial charge in [0.15, 0.2) is 23.3 Å². The summed E-state index contributed by atoms with van der Waals surface area (Å²) in [4.78, 5) is 8.70. The average molecular weight is 467 g/mol. The third-order valence-electron chi connectivity index (χ3n) is 5.55. The van der Waals surface area contributed by atoms with Gasteiger partial charge in [-0.1, -0.05) is 12.1 Å². The summed E-state index contributed by atoms with van der Waals surface area (Å²) >= 11 is 0. The number of nitrogens with one attached hydrogen (secondary N) is 1. The highest BCUT2D eigenvalue weighted by molar-refractivity contribution is 5.68.